The van der Waals surface area contributed by atoms with Gasteiger partial charge in [0.2, 0.25) is 0 Å². The van der Waals surface area contributed by atoms with Crippen molar-refractivity contribution in [2.24, 2.45) is 17.3 Å². The molecule has 0 aromatic carbocycles. The first-order chi connectivity index (χ1) is 6.37. The molecule has 86 valence electrons. The Morgan fingerprint density at radius 3 is 2.07 bits per heavy atom. The van der Waals surface area contributed by atoms with Gasteiger partial charge in [-0.15, -0.1) is 0 Å². The lowest BCUT2D eigenvalue weighted by Gasteiger charge is -2.28. The van der Waals surface area contributed by atoms with Crippen LogP contribution in [0.3, 0.4) is 0 Å². The third-order valence-electron chi connectivity index (χ3n) is 2.98. The first-order valence-electron chi connectivity index (χ1n) is 6.37. The molecule has 0 radical (unpaired) electrons. The van der Waals surface area contributed by atoms with E-state index in [-0.39, 0.29) is 0 Å². The molecular weight excluding hydrogens is 168 g/mol. The summed E-state index contributed by atoms with van der Waals surface area (Å²) >= 11 is 0. The Bertz CT molecular complexity index is 133. The molecule has 1 atom stereocenters. The fourth-order valence-corrected chi connectivity index (χ4v) is 2.59. The molecule has 0 fully saturated rings. The maximum absolute atomic E-state index is 2.43. The van der Waals surface area contributed by atoms with Gasteiger partial charge in [0.25, 0.3) is 0 Å². The van der Waals surface area contributed by atoms with E-state index in [1.807, 2.05) is 0 Å². The molecule has 0 bridgehead atoms. The van der Waals surface area contributed by atoms with Crippen LogP contribution in [-0.2, 0) is 0 Å². The summed E-state index contributed by atoms with van der Waals surface area (Å²) in [5, 5.41) is 0. The maximum atomic E-state index is 2.43. The molecule has 0 aromatic rings. The van der Waals surface area contributed by atoms with Crippen molar-refractivity contribution in [1.82, 2.24) is 0 Å². The van der Waals surface area contributed by atoms with Crippen molar-refractivity contribution in [2.75, 3.05) is 0 Å². The van der Waals surface area contributed by atoms with Gasteiger partial charge in [0, 0.05) is 0 Å². The minimum Gasteiger partial charge on any atom is -0.0654 e. The normalized spacial score (nSPS) is 14.8. The van der Waals surface area contributed by atoms with Gasteiger partial charge in [-0.25, -0.2) is 0 Å². The molecule has 0 nitrogen and oxygen atoms in total. The van der Waals surface area contributed by atoms with Crippen LogP contribution in [0.25, 0.3) is 0 Å². The van der Waals surface area contributed by atoms with E-state index < -0.39 is 0 Å². The number of rotatable bonds is 7. The molecule has 1 unspecified atom stereocenters. The van der Waals surface area contributed by atoms with Crippen molar-refractivity contribution in [3.8, 4) is 0 Å². The van der Waals surface area contributed by atoms with Crippen LogP contribution in [0.5, 0.6) is 0 Å². The highest BCUT2D eigenvalue weighted by molar-refractivity contribution is 4.72. The molecular formula is C14H30. The van der Waals surface area contributed by atoms with Crippen molar-refractivity contribution in [3.05, 3.63) is 0 Å². The highest BCUT2D eigenvalue weighted by Gasteiger charge is 2.20. The Hall–Kier alpha value is 0. The standard InChI is InChI=1S/C14H30/c1-7-8-9-14(5,6)11-13(4)10-12(2)3/h12-13H,7-11H2,1-6H3. The van der Waals surface area contributed by atoms with E-state index in [0.29, 0.717) is 5.41 Å². The molecule has 14 heavy (non-hydrogen) atoms. The lowest BCUT2D eigenvalue weighted by molar-refractivity contribution is 0.232. The summed E-state index contributed by atoms with van der Waals surface area (Å²) in [6.45, 7) is 14.2. The quantitative estimate of drug-likeness (QED) is 0.522. The number of hydrogen-bond acceptors (Lipinski definition) is 0. The molecule has 0 rings (SSSR count). The topological polar surface area (TPSA) is 0 Å². The van der Waals surface area contributed by atoms with E-state index in [2.05, 4.69) is 41.5 Å². The fourth-order valence-electron chi connectivity index (χ4n) is 2.59. The molecule has 0 saturated carbocycles. The average molecular weight is 198 g/mol. The van der Waals surface area contributed by atoms with Gasteiger partial charge >= 0.3 is 0 Å². The molecule has 0 spiro atoms. The van der Waals surface area contributed by atoms with Gasteiger partial charge in [-0.3, -0.25) is 0 Å². The van der Waals surface area contributed by atoms with Crippen molar-refractivity contribution in [3.63, 3.8) is 0 Å². The Morgan fingerprint density at radius 2 is 1.64 bits per heavy atom. The van der Waals surface area contributed by atoms with E-state index in [9.17, 15) is 0 Å². The Morgan fingerprint density at radius 1 is 1.07 bits per heavy atom. The van der Waals surface area contributed by atoms with Crippen molar-refractivity contribution >= 4 is 0 Å². The van der Waals surface area contributed by atoms with Crippen LogP contribution >= 0.6 is 0 Å². The molecule has 0 N–H and O–H groups in total. The largest absolute Gasteiger partial charge is 0.0654 e. The summed E-state index contributed by atoms with van der Waals surface area (Å²) in [6.07, 6.45) is 6.90. The second kappa shape index (κ2) is 6.48. The Balaban J connectivity index is 3.82. The maximum Gasteiger partial charge on any atom is -0.0352 e. The zero-order valence-corrected chi connectivity index (χ0v) is 11.2. The molecule has 0 amide bonds. The SMILES string of the molecule is CCCCC(C)(C)CC(C)CC(C)C. The van der Waals surface area contributed by atoms with E-state index in [1.54, 1.807) is 0 Å². The van der Waals surface area contributed by atoms with Crippen molar-refractivity contribution < 1.29 is 0 Å². The highest BCUT2D eigenvalue weighted by atomic mass is 14.3. The summed E-state index contributed by atoms with van der Waals surface area (Å²) in [5.74, 6) is 1.74. The van der Waals surface area contributed by atoms with Crippen LogP contribution in [0.15, 0.2) is 0 Å². The summed E-state index contributed by atoms with van der Waals surface area (Å²) in [6, 6.07) is 0. The van der Waals surface area contributed by atoms with Crippen LogP contribution < -0.4 is 0 Å². The average Bonchev–Trinajstić information content (AvgIpc) is 1.98. The predicted molar refractivity (Wildman–Crippen MR) is 66.5 cm³/mol. The van der Waals surface area contributed by atoms with Crippen molar-refractivity contribution in [2.45, 2.75) is 73.6 Å². The van der Waals surface area contributed by atoms with Gasteiger partial charge in [0.1, 0.15) is 0 Å². The molecule has 0 aliphatic heterocycles. The Kier molecular flexibility index (Phi) is 6.48. The van der Waals surface area contributed by atoms with Crippen molar-refractivity contribution in [1.29, 1.82) is 0 Å². The smallest absolute Gasteiger partial charge is 0.0352 e. The van der Waals surface area contributed by atoms with E-state index in [1.165, 1.54) is 32.1 Å². The predicted octanol–water partition coefficient (Wildman–Crippen LogP) is 5.28. The minimum atomic E-state index is 0.560. The third kappa shape index (κ3) is 7.41. The van der Waals surface area contributed by atoms with Gasteiger partial charge in [0.05, 0.1) is 0 Å². The fraction of sp³-hybridized carbons (Fsp3) is 1.00. The molecule has 0 heterocycles. The monoisotopic (exact) mass is 198 g/mol. The summed E-state index contributed by atoms with van der Waals surface area (Å²) in [4.78, 5) is 0. The van der Waals surface area contributed by atoms with E-state index >= 15 is 0 Å². The zero-order valence-electron chi connectivity index (χ0n) is 11.2. The van der Waals surface area contributed by atoms with Crippen LogP contribution in [0.1, 0.15) is 73.6 Å². The molecule has 0 heteroatoms. The molecule has 0 saturated heterocycles. The second-order valence-corrected chi connectivity index (χ2v) is 6.21. The minimum absolute atomic E-state index is 0.560. The van der Waals surface area contributed by atoms with Gasteiger partial charge in [-0.2, -0.15) is 0 Å². The van der Waals surface area contributed by atoms with Gasteiger partial charge in [-0.05, 0) is 36.5 Å². The van der Waals surface area contributed by atoms with Gasteiger partial charge in [0.15, 0.2) is 0 Å². The van der Waals surface area contributed by atoms with Crippen LogP contribution in [0, 0.1) is 17.3 Å². The lowest BCUT2D eigenvalue weighted by atomic mass is 9.77. The summed E-state index contributed by atoms with van der Waals surface area (Å²) < 4.78 is 0. The van der Waals surface area contributed by atoms with Crippen LogP contribution in [-0.4, -0.2) is 0 Å². The summed E-state index contributed by atoms with van der Waals surface area (Å²) in [7, 11) is 0. The van der Waals surface area contributed by atoms with E-state index in [0.717, 1.165) is 11.8 Å². The third-order valence-corrected chi connectivity index (χ3v) is 2.98. The van der Waals surface area contributed by atoms with E-state index in [4.69, 9.17) is 0 Å². The lowest BCUT2D eigenvalue weighted by Crippen LogP contribution is -2.16. The number of hydrogen-bond donors (Lipinski definition) is 0. The first-order valence-corrected chi connectivity index (χ1v) is 6.37. The second-order valence-electron chi connectivity index (χ2n) is 6.21. The van der Waals surface area contributed by atoms with Gasteiger partial charge in [-0.1, -0.05) is 54.4 Å². The molecule has 0 aromatic heterocycles. The highest BCUT2D eigenvalue weighted by Crippen LogP contribution is 2.33. The zero-order chi connectivity index (χ0) is 11.2. The van der Waals surface area contributed by atoms with Gasteiger partial charge < -0.3 is 0 Å². The molecule has 0 aliphatic rings. The van der Waals surface area contributed by atoms with Crippen LogP contribution in [0.2, 0.25) is 0 Å². The van der Waals surface area contributed by atoms with Crippen LogP contribution in [0.4, 0.5) is 0 Å². The summed E-state index contributed by atoms with van der Waals surface area (Å²) in [5.41, 5.74) is 0.560. The molecule has 0 aliphatic carbocycles. The first kappa shape index (κ1) is 14.0. The number of unbranched alkanes of at least 4 members (excludes halogenated alkanes) is 1. The Labute approximate surface area is 91.5 Å².